The lowest BCUT2D eigenvalue weighted by Gasteiger charge is -2.08. The smallest absolute Gasteiger partial charge is 0.298 e. The quantitative estimate of drug-likeness (QED) is 0.798. The van der Waals surface area contributed by atoms with Gasteiger partial charge < -0.3 is 0 Å². The molecule has 1 aromatic rings. The van der Waals surface area contributed by atoms with E-state index in [9.17, 15) is 21.6 Å². The predicted octanol–water partition coefficient (Wildman–Crippen LogP) is 2.04. The summed E-state index contributed by atoms with van der Waals surface area (Å²) in [6.45, 7) is 0. The van der Waals surface area contributed by atoms with Crippen molar-refractivity contribution in [3.8, 4) is 0 Å². The molecule has 0 saturated heterocycles. The maximum absolute atomic E-state index is 12.1. The molecule has 1 saturated carbocycles. The molecule has 10 heteroatoms. The first-order valence-corrected chi connectivity index (χ1v) is 7.44. The topological polar surface area (TPSA) is 64.8 Å². The zero-order valence-electron chi connectivity index (χ0n) is 8.98. The largest absolute Gasteiger partial charge is 0.389 e. The highest BCUT2D eigenvalue weighted by atomic mass is 35.7. The highest BCUT2D eigenvalue weighted by molar-refractivity contribution is 8.13. The van der Waals surface area contributed by atoms with Crippen LogP contribution in [-0.4, -0.2) is 29.4 Å². The van der Waals surface area contributed by atoms with Crippen LogP contribution in [0.4, 0.5) is 13.2 Å². The van der Waals surface area contributed by atoms with Crippen LogP contribution < -0.4 is 0 Å². The number of hydrogen-bond acceptors (Lipinski definition) is 4. The molecule has 1 heterocycles. The van der Waals surface area contributed by atoms with Crippen molar-refractivity contribution in [3.63, 3.8) is 0 Å². The number of nitrogens with zero attached hydrogens (tertiary/aromatic N) is 3. The summed E-state index contributed by atoms with van der Waals surface area (Å²) in [5.41, 5.74) is 0. The summed E-state index contributed by atoms with van der Waals surface area (Å²) in [6, 6.07) is -0.160. The van der Waals surface area contributed by atoms with Gasteiger partial charge in [0.1, 0.15) is 5.82 Å². The zero-order chi connectivity index (χ0) is 13.6. The molecular weight excluding hydrogens is 295 g/mol. The lowest BCUT2D eigenvalue weighted by atomic mass is 10.3. The van der Waals surface area contributed by atoms with Gasteiger partial charge in [-0.3, -0.25) is 4.57 Å². The summed E-state index contributed by atoms with van der Waals surface area (Å²) in [5, 5.41) is 6.40. The molecule has 0 aliphatic heterocycles. The Hall–Kier alpha value is -0.830. The summed E-state index contributed by atoms with van der Waals surface area (Å²) in [6.07, 6.45) is -4.41. The van der Waals surface area contributed by atoms with E-state index < -0.39 is 33.2 Å². The number of aromatic nitrogens is 3. The molecule has 0 amide bonds. The Bertz CT molecular complexity index is 550. The van der Waals surface area contributed by atoms with E-state index in [1.54, 1.807) is 0 Å². The van der Waals surface area contributed by atoms with Gasteiger partial charge >= 0.3 is 6.18 Å². The van der Waals surface area contributed by atoms with Crippen LogP contribution in [-0.2, 0) is 15.5 Å². The van der Waals surface area contributed by atoms with E-state index in [0.29, 0.717) is 12.8 Å². The molecule has 102 valence electrons. The van der Waals surface area contributed by atoms with Crippen molar-refractivity contribution in [3.05, 3.63) is 5.82 Å². The summed E-state index contributed by atoms with van der Waals surface area (Å²) in [4.78, 5) is 0. The maximum atomic E-state index is 12.1. The molecule has 18 heavy (non-hydrogen) atoms. The van der Waals surface area contributed by atoms with Gasteiger partial charge in [0, 0.05) is 23.1 Å². The molecular formula is C8H9ClF3N3O2S. The van der Waals surface area contributed by atoms with Crippen molar-refractivity contribution >= 4 is 19.7 Å². The first-order valence-electron chi connectivity index (χ1n) is 5.13. The minimum Gasteiger partial charge on any atom is -0.298 e. The van der Waals surface area contributed by atoms with Gasteiger partial charge in [0.2, 0.25) is 0 Å². The van der Waals surface area contributed by atoms with Gasteiger partial charge in [-0.05, 0) is 12.8 Å². The van der Waals surface area contributed by atoms with Gasteiger partial charge in [0.05, 0.1) is 6.42 Å². The van der Waals surface area contributed by atoms with Crippen LogP contribution >= 0.6 is 10.7 Å². The Balaban J connectivity index is 2.29. The first-order chi connectivity index (χ1) is 8.18. The molecule has 5 nitrogen and oxygen atoms in total. The second-order valence-electron chi connectivity index (χ2n) is 4.05. The summed E-state index contributed by atoms with van der Waals surface area (Å²) in [7, 11) is 1.07. The van der Waals surface area contributed by atoms with E-state index in [-0.39, 0.29) is 11.9 Å². The molecule has 0 radical (unpaired) electrons. The van der Waals surface area contributed by atoms with Crippen molar-refractivity contribution in [2.45, 2.75) is 43.1 Å². The van der Waals surface area contributed by atoms with Gasteiger partial charge in [-0.25, -0.2) is 8.42 Å². The number of halogens is 4. The van der Waals surface area contributed by atoms with Gasteiger partial charge in [-0.2, -0.15) is 13.2 Å². The highest BCUT2D eigenvalue weighted by Gasteiger charge is 2.35. The second-order valence-corrected chi connectivity index (χ2v) is 6.51. The van der Waals surface area contributed by atoms with Crippen LogP contribution in [0.3, 0.4) is 0 Å². The van der Waals surface area contributed by atoms with E-state index in [1.165, 1.54) is 4.57 Å². The summed E-state index contributed by atoms with van der Waals surface area (Å²) >= 11 is 0. The van der Waals surface area contributed by atoms with Gasteiger partial charge in [0.15, 0.2) is 0 Å². The third kappa shape index (κ3) is 3.14. The second kappa shape index (κ2) is 4.37. The number of aryl methyl sites for hydroxylation is 1. The molecule has 0 spiro atoms. The Kier molecular flexibility index (Phi) is 3.30. The van der Waals surface area contributed by atoms with E-state index in [2.05, 4.69) is 10.2 Å². The molecule has 0 bridgehead atoms. The Morgan fingerprint density at radius 2 is 1.94 bits per heavy atom. The predicted molar refractivity (Wildman–Crippen MR) is 55.7 cm³/mol. The number of hydrogen-bond donors (Lipinski definition) is 0. The Morgan fingerprint density at radius 3 is 2.39 bits per heavy atom. The van der Waals surface area contributed by atoms with E-state index in [0.717, 1.165) is 0 Å². The minimum absolute atomic E-state index is 0.00838. The minimum atomic E-state index is -4.32. The van der Waals surface area contributed by atoms with Crippen LogP contribution in [0.2, 0.25) is 0 Å². The third-order valence-electron chi connectivity index (χ3n) is 2.50. The molecule has 1 fully saturated rings. The van der Waals surface area contributed by atoms with Crippen LogP contribution in [0.5, 0.6) is 0 Å². The number of rotatable bonds is 4. The molecule has 1 aliphatic rings. The first kappa shape index (κ1) is 13.6. The molecule has 0 unspecified atom stereocenters. The fraction of sp³-hybridized carbons (Fsp3) is 0.750. The van der Waals surface area contributed by atoms with E-state index in [4.69, 9.17) is 10.7 Å². The van der Waals surface area contributed by atoms with Crippen LogP contribution in [0.25, 0.3) is 0 Å². The van der Waals surface area contributed by atoms with Crippen molar-refractivity contribution in [1.29, 1.82) is 0 Å². The summed E-state index contributed by atoms with van der Waals surface area (Å²) < 4.78 is 60.0. The van der Waals surface area contributed by atoms with Crippen molar-refractivity contribution in [1.82, 2.24) is 14.8 Å². The van der Waals surface area contributed by atoms with E-state index >= 15 is 0 Å². The average molecular weight is 304 g/mol. The zero-order valence-corrected chi connectivity index (χ0v) is 10.6. The molecule has 0 aromatic carbocycles. The standard InChI is InChI=1S/C8H9ClF3N3O2S/c9-18(16,17)7-14-13-6(3-4-8(10,11)12)15(7)5-1-2-5/h5H,1-4H2. The maximum Gasteiger partial charge on any atom is 0.389 e. The number of alkyl halides is 3. The lowest BCUT2D eigenvalue weighted by Crippen LogP contribution is -2.13. The monoisotopic (exact) mass is 303 g/mol. The highest BCUT2D eigenvalue weighted by Crippen LogP contribution is 2.38. The Labute approximate surface area is 105 Å². The SMILES string of the molecule is O=S(=O)(Cl)c1nnc(CCC(F)(F)F)n1C1CC1. The van der Waals surface area contributed by atoms with Crippen LogP contribution in [0.1, 0.15) is 31.1 Å². The molecule has 1 aliphatic carbocycles. The van der Waals surface area contributed by atoms with Crippen molar-refractivity contribution in [2.75, 3.05) is 0 Å². The summed E-state index contributed by atoms with van der Waals surface area (Å²) in [5.74, 6) is 0.00838. The average Bonchev–Trinajstić information content (AvgIpc) is 2.92. The van der Waals surface area contributed by atoms with Gasteiger partial charge in [-0.15, -0.1) is 10.2 Å². The fourth-order valence-corrected chi connectivity index (χ4v) is 2.54. The molecule has 0 atom stereocenters. The fourth-order valence-electron chi connectivity index (χ4n) is 1.60. The van der Waals surface area contributed by atoms with Crippen molar-refractivity contribution in [2.24, 2.45) is 0 Å². The molecule has 2 rings (SSSR count). The van der Waals surface area contributed by atoms with Crippen molar-refractivity contribution < 1.29 is 21.6 Å². The third-order valence-corrected chi connectivity index (χ3v) is 3.63. The van der Waals surface area contributed by atoms with Gasteiger partial charge in [-0.1, -0.05) is 0 Å². The van der Waals surface area contributed by atoms with Crippen LogP contribution in [0.15, 0.2) is 5.16 Å². The van der Waals surface area contributed by atoms with Gasteiger partial charge in [0.25, 0.3) is 14.2 Å². The van der Waals surface area contributed by atoms with E-state index in [1.807, 2.05) is 0 Å². The molecule has 1 aromatic heterocycles. The lowest BCUT2D eigenvalue weighted by molar-refractivity contribution is -0.134. The Morgan fingerprint density at radius 1 is 1.33 bits per heavy atom. The van der Waals surface area contributed by atoms with Crippen LogP contribution in [0, 0.1) is 0 Å². The molecule has 0 N–H and O–H groups in total. The normalized spacial score (nSPS) is 17.1.